The number of carbonyl (C=O) groups is 4. The van der Waals surface area contributed by atoms with E-state index in [4.69, 9.17) is 13.7 Å². The number of amides is 5. The van der Waals surface area contributed by atoms with E-state index in [9.17, 15) is 27.6 Å². The Kier molecular flexibility index (Phi) is 11.1. The van der Waals surface area contributed by atoms with E-state index < -0.39 is 68.9 Å². The molecule has 15 nitrogen and oxygen atoms in total. The van der Waals surface area contributed by atoms with Gasteiger partial charge >= 0.3 is 16.3 Å². The lowest BCUT2D eigenvalue weighted by atomic mass is 9.83. The minimum atomic E-state index is -4.44. The van der Waals surface area contributed by atoms with Crippen LogP contribution in [0.4, 0.5) is 4.79 Å². The molecule has 5 atom stereocenters. The Morgan fingerprint density at radius 2 is 1.80 bits per heavy atom. The predicted octanol–water partition coefficient (Wildman–Crippen LogP) is 3.85. The molecule has 0 unspecified atom stereocenters. The monoisotopic (exact) mass is 770 g/mol. The molecule has 54 heavy (non-hydrogen) atoms. The zero-order valence-electron chi connectivity index (χ0n) is 32.0. The first-order valence-corrected chi connectivity index (χ1v) is 20.4. The first-order valence-electron chi connectivity index (χ1n) is 19.0. The van der Waals surface area contributed by atoms with E-state index in [1.807, 2.05) is 50.6 Å². The average Bonchev–Trinajstić information content (AvgIpc) is 3.98. The summed E-state index contributed by atoms with van der Waals surface area (Å²) in [6.45, 7) is 9.06. The summed E-state index contributed by atoms with van der Waals surface area (Å²) < 4.78 is 44.7. The van der Waals surface area contributed by atoms with Crippen LogP contribution >= 0.6 is 0 Å². The molecule has 1 aromatic carbocycles. The lowest BCUT2D eigenvalue weighted by Crippen LogP contribution is -2.60. The fraction of sp³-hybridized carbons (Fsp3) is 0.658. The molecular formula is C38H54N6O9S. The van der Waals surface area contributed by atoms with Gasteiger partial charge in [0.15, 0.2) is 0 Å². The van der Waals surface area contributed by atoms with Crippen LogP contribution in [0.25, 0.3) is 10.8 Å². The fourth-order valence-corrected chi connectivity index (χ4v) is 8.94. The van der Waals surface area contributed by atoms with Crippen molar-refractivity contribution in [2.75, 3.05) is 13.7 Å². The molecule has 0 bridgehead atoms. The lowest BCUT2D eigenvalue weighted by molar-refractivity contribution is -0.142. The van der Waals surface area contributed by atoms with Gasteiger partial charge in [-0.1, -0.05) is 32.6 Å². The SMILES string of the molecule is CC[C@@H]1C[C@]1(NC(=O)[C@@H]1C[C@@H](Oc2nccc3cc(OC)ccc23)CN1C(=O)[C@@H](NC(=O)NC(C)(C)C)C1CCCCC1)C(=O)NS(=O)(=O)OC1(C)CC1. The molecule has 0 spiro atoms. The number of rotatable bonds is 13. The van der Waals surface area contributed by atoms with E-state index in [-0.39, 0.29) is 31.2 Å². The largest absolute Gasteiger partial charge is 0.497 e. The summed E-state index contributed by atoms with van der Waals surface area (Å²) in [4.78, 5) is 62.0. The molecule has 296 valence electrons. The maximum atomic E-state index is 14.7. The Morgan fingerprint density at radius 1 is 1.07 bits per heavy atom. The van der Waals surface area contributed by atoms with Gasteiger partial charge in [0.25, 0.3) is 5.91 Å². The van der Waals surface area contributed by atoms with E-state index in [2.05, 4.69) is 20.9 Å². The highest BCUT2D eigenvalue weighted by Gasteiger charge is 2.62. The molecular weight excluding hydrogens is 717 g/mol. The third-order valence-corrected chi connectivity index (χ3v) is 12.1. The first kappa shape index (κ1) is 39.5. The second-order valence-corrected chi connectivity index (χ2v) is 17.9. The van der Waals surface area contributed by atoms with E-state index in [1.54, 1.807) is 26.3 Å². The summed E-state index contributed by atoms with van der Waals surface area (Å²) in [5, 5.41) is 10.2. The van der Waals surface area contributed by atoms with Gasteiger partial charge in [-0.25, -0.2) is 18.7 Å². The molecule has 1 aliphatic heterocycles. The molecule has 1 saturated heterocycles. The number of urea groups is 1. The van der Waals surface area contributed by atoms with Crippen LogP contribution in [0.5, 0.6) is 11.6 Å². The van der Waals surface area contributed by atoms with Crippen molar-refractivity contribution in [3.05, 3.63) is 30.5 Å². The highest BCUT2D eigenvalue weighted by atomic mass is 32.2. The molecule has 5 amide bonds. The third kappa shape index (κ3) is 9.02. The number of pyridine rings is 1. The van der Waals surface area contributed by atoms with Crippen molar-refractivity contribution in [1.29, 1.82) is 0 Å². The van der Waals surface area contributed by atoms with Crippen LogP contribution in [-0.2, 0) is 28.9 Å². The zero-order valence-corrected chi connectivity index (χ0v) is 32.8. The lowest BCUT2D eigenvalue weighted by Gasteiger charge is -2.35. The summed E-state index contributed by atoms with van der Waals surface area (Å²) in [5.74, 6) is -1.44. The Hall–Kier alpha value is -4.18. The van der Waals surface area contributed by atoms with Crippen LogP contribution < -0.4 is 30.1 Å². The van der Waals surface area contributed by atoms with Crippen LogP contribution in [0.2, 0.25) is 0 Å². The van der Waals surface area contributed by atoms with Gasteiger partial charge in [0, 0.05) is 23.5 Å². The van der Waals surface area contributed by atoms with Crippen molar-refractivity contribution in [2.24, 2.45) is 11.8 Å². The summed E-state index contributed by atoms with van der Waals surface area (Å²) in [7, 11) is -2.86. The highest BCUT2D eigenvalue weighted by molar-refractivity contribution is 7.85. The number of likely N-dealkylation sites (tertiary alicyclic amines) is 1. The molecule has 0 radical (unpaired) electrons. The van der Waals surface area contributed by atoms with Crippen molar-refractivity contribution in [1.82, 2.24) is 30.6 Å². The van der Waals surface area contributed by atoms with Gasteiger partial charge < -0.3 is 30.3 Å². The van der Waals surface area contributed by atoms with Gasteiger partial charge in [-0.3, -0.25) is 14.4 Å². The number of fused-ring (bicyclic) bond motifs is 1. The molecule has 2 aromatic rings. The predicted molar refractivity (Wildman–Crippen MR) is 200 cm³/mol. The Morgan fingerprint density at radius 3 is 2.43 bits per heavy atom. The number of nitrogens with zero attached hydrogens (tertiary/aromatic N) is 2. The number of methoxy groups -OCH3 is 1. The van der Waals surface area contributed by atoms with Crippen molar-refractivity contribution in [3.63, 3.8) is 0 Å². The molecule has 4 fully saturated rings. The van der Waals surface area contributed by atoms with E-state index in [0.29, 0.717) is 36.3 Å². The number of nitrogens with one attached hydrogen (secondary N) is 4. The molecule has 1 aromatic heterocycles. The summed E-state index contributed by atoms with van der Waals surface area (Å²) in [6.07, 6.45) is 7.12. The molecule has 2 heterocycles. The standard InChI is InChI=1S/C38H54N6O9S/c1-7-25-21-38(25,34(47)43-54(49,50)53-37(5)16-17-37)41-31(45)29-20-27(52-32-28-14-13-26(51-6)19-24(28)15-18-39-32)22-44(29)33(46)30(23-11-9-8-10-12-23)40-35(48)42-36(2,3)4/h13-15,18-19,23,25,27,29-30H,7-12,16-17,20-22H2,1-6H3,(H,41,45)(H,43,47)(H2,40,42,48)/t25-,27-,29+,30+,38-/m1/s1. The fourth-order valence-electron chi connectivity index (χ4n) is 7.79. The van der Waals surface area contributed by atoms with E-state index in [1.165, 1.54) is 4.90 Å². The Balaban J connectivity index is 1.28. The minimum absolute atomic E-state index is 0.00807. The third-order valence-electron chi connectivity index (χ3n) is 11.1. The van der Waals surface area contributed by atoms with Crippen molar-refractivity contribution < 1.29 is 41.3 Å². The highest BCUT2D eigenvalue weighted by Crippen LogP contribution is 2.47. The molecule has 3 aliphatic carbocycles. The summed E-state index contributed by atoms with van der Waals surface area (Å²) >= 11 is 0. The number of hydrogen-bond donors (Lipinski definition) is 4. The number of benzene rings is 1. The number of carbonyl (C=O) groups excluding carboxylic acids is 4. The molecule has 4 aliphatic rings. The van der Waals surface area contributed by atoms with Gasteiger partial charge in [-0.2, -0.15) is 8.42 Å². The van der Waals surface area contributed by atoms with Crippen molar-refractivity contribution >= 4 is 44.8 Å². The topological polar surface area (TPSA) is 194 Å². The summed E-state index contributed by atoms with van der Waals surface area (Å²) in [6, 6.07) is 4.80. The van der Waals surface area contributed by atoms with Gasteiger partial charge in [-0.15, -0.1) is 0 Å². The van der Waals surface area contributed by atoms with Crippen LogP contribution in [0, 0.1) is 11.8 Å². The average molecular weight is 771 g/mol. The Bertz CT molecular complexity index is 1870. The second kappa shape index (κ2) is 15.2. The minimum Gasteiger partial charge on any atom is -0.497 e. The Labute approximate surface area is 317 Å². The van der Waals surface area contributed by atoms with E-state index in [0.717, 1.165) is 37.5 Å². The number of hydrogen-bond acceptors (Lipinski definition) is 10. The van der Waals surface area contributed by atoms with Crippen LogP contribution in [-0.4, -0.2) is 90.6 Å². The van der Waals surface area contributed by atoms with Crippen LogP contribution in [0.15, 0.2) is 30.5 Å². The smallest absolute Gasteiger partial charge is 0.362 e. The normalized spacial score (nSPS) is 25.7. The number of aromatic nitrogens is 1. The zero-order chi connectivity index (χ0) is 39.1. The maximum absolute atomic E-state index is 14.7. The maximum Gasteiger partial charge on any atom is 0.362 e. The molecule has 3 saturated carbocycles. The van der Waals surface area contributed by atoms with Gasteiger partial charge in [0.05, 0.1) is 19.3 Å². The molecule has 6 rings (SSSR count). The van der Waals surface area contributed by atoms with Gasteiger partial charge in [0.1, 0.15) is 29.5 Å². The summed E-state index contributed by atoms with van der Waals surface area (Å²) in [5.41, 5.74) is -2.92. The number of ether oxygens (including phenoxy) is 2. The first-order chi connectivity index (χ1) is 25.4. The van der Waals surface area contributed by atoms with Crippen LogP contribution in [0.3, 0.4) is 0 Å². The quantitative estimate of drug-likeness (QED) is 0.233. The van der Waals surface area contributed by atoms with Crippen molar-refractivity contribution in [3.8, 4) is 11.6 Å². The molecule has 4 N–H and O–H groups in total. The van der Waals surface area contributed by atoms with Crippen LogP contribution in [0.1, 0.15) is 98.8 Å². The second-order valence-electron chi connectivity index (χ2n) is 16.6. The van der Waals surface area contributed by atoms with Gasteiger partial charge in [-0.05, 0) is 101 Å². The van der Waals surface area contributed by atoms with E-state index >= 15 is 0 Å². The van der Waals surface area contributed by atoms with Crippen molar-refractivity contribution in [2.45, 2.75) is 134 Å². The molecule has 16 heteroatoms. The van der Waals surface area contributed by atoms with Gasteiger partial charge in [0.2, 0.25) is 17.7 Å².